The number of carbonyl (C=O) groups excluding carboxylic acids is 3. The first kappa shape index (κ1) is 22.3. The van der Waals surface area contributed by atoms with Crippen LogP contribution in [0, 0.1) is 11.3 Å². The van der Waals surface area contributed by atoms with Gasteiger partial charge in [-0.2, -0.15) is 0 Å². The molecule has 0 aliphatic carbocycles. The molecule has 0 spiro atoms. The van der Waals surface area contributed by atoms with Gasteiger partial charge in [0.05, 0.1) is 11.3 Å². The standard InChI is InChI=1S/C22H30N6O3/c23-22(24)28-12-10-15(11-13-28)14-25-21(31)18-8-2-1-3-9-19(29)26-17-7-5-4-6-16(17)20(30)27-18/h1-2,4-7,15,18H,3,8-14H2,(H3,23,24)(H,25,31)(H,26,29)(H,27,30)/b2-1-. The van der Waals surface area contributed by atoms with Crippen LogP contribution in [0.5, 0.6) is 0 Å². The highest BCUT2D eigenvalue weighted by Crippen LogP contribution is 2.18. The minimum atomic E-state index is -0.704. The molecule has 3 amide bonds. The predicted molar refractivity (Wildman–Crippen MR) is 119 cm³/mol. The minimum absolute atomic E-state index is 0.0849. The molecular formula is C22H30N6O3. The van der Waals surface area contributed by atoms with E-state index in [2.05, 4.69) is 16.0 Å². The lowest BCUT2D eigenvalue weighted by atomic mass is 9.97. The van der Waals surface area contributed by atoms with Gasteiger partial charge in [-0.3, -0.25) is 19.8 Å². The van der Waals surface area contributed by atoms with Crippen molar-refractivity contribution in [1.82, 2.24) is 15.5 Å². The van der Waals surface area contributed by atoms with Crippen LogP contribution in [0.4, 0.5) is 5.69 Å². The summed E-state index contributed by atoms with van der Waals surface area (Å²) in [6.07, 6.45) is 6.61. The van der Waals surface area contributed by atoms with Gasteiger partial charge in [0.1, 0.15) is 6.04 Å². The topological polar surface area (TPSA) is 140 Å². The number of piperidine rings is 1. The molecule has 166 valence electrons. The number of allylic oxidation sites excluding steroid dienone is 1. The fraction of sp³-hybridized carbons (Fsp3) is 0.455. The number of hydrogen-bond donors (Lipinski definition) is 5. The first-order chi connectivity index (χ1) is 14.9. The molecule has 1 unspecified atom stereocenters. The van der Waals surface area contributed by atoms with Crippen molar-refractivity contribution in [3.05, 3.63) is 42.0 Å². The molecule has 2 heterocycles. The van der Waals surface area contributed by atoms with E-state index < -0.39 is 11.9 Å². The molecule has 1 atom stereocenters. The summed E-state index contributed by atoms with van der Waals surface area (Å²) in [4.78, 5) is 39.6. The van der Waals surface area contributed by atoms with Crippen LogP contribution in [0.3, 0.4) is 0 Å². The van der Waals surface area contributed by atoms with Crippen LogP contribution in [0.15, 0.2) is 36.4 Å². The van der Waals surface area contributed by atoms with Crippen molar-refractivity contribution in [1.29, 1.82) is 5.41 Å². The molecular weight excluding hydrogens is 396 g/mol. The third-order valence-electron chi connectivity index (χ3n) is 5.66. The summed E-state index contributed by atoms with van der Waals surface area (Å²) in [5.41, 5.74) is 6.29. The molecule has 2 aliphatic rings. The van der Waals surface area contributed by atoms with Gasteiger partial charge in [0.15, 0.2) is 5.96 Å². The minimum Gasteiger partial charge on any atom is -0.370 e. The van der Waals surface area contributed by atoms with Crippen molar-refractivity contribution in [3.63, 3.8) is 0 Å². The third kappa shape index (κ3) is 6.31. The largest absolute Gasteiger partial charge is 0.370 e. The van der Waals surface area contributed by atoms with Crippen molar-refractivity contribution >= 4 is 29.4 Å². The van der Waals surface area contributed by atoms with Gasteiger partial charge in [-0.25, -0.2) is 0 Å². The molecule has 0 saturated carbocycles. The third-order valence-corrected chi connectivity index (χ3v) is 5.66. The SMILES string of the molecule is N=C(N)N1CCC(CNC(=O)C2C/C=C\CCC(=O)Nc3ccccc3C(=O)N2)CC1. The van der Waals surface area contributed by atoms with Crippen molar-refractivity contribution in [2.24, 2.45) is 11.7 Å². The Kier molecular flexibility index (Phi) is 7.64. The zero-order valence-electron chi connectivity index (χ0n) is 17.5. The Bertz CT molecular complexity index is 861. The number of fused-ring (bicyclic) bond motifs is 1. The first-order valence-corrected chi connectivity index (χ1v) is 10.7. The zero-order chi connectivity index (χ0) is 22.2. The molecule has 1 aromatic carbocycles. The van der Waals surface area contributed by atoms with Crippen LogP contribution in [-0.4, -0.2) is 54.3 Å². The molecule has 0 aromatic heterocycles. The average Bonchev–Trinajstić information content (AvgIpc) is 2.76. The number of amides is 3. The number of rotatable bonds is 3. The molecule has 2 aliphatic heterocycles. The van der Waals surface area contributed by atoms with Crippen LogP contribution in [-0.2, 0) is 9.59 Å². The van der Waals surface area contributed by atoms with Gasteiger partial charge >= 0.3 is 0 Å². The van der Waals surface area contributed by atoms with Crippen LogP contribution in [0.25, 0.3) is 0 Å². The maximum Gasteiger partial charge on any atom is 0.254 e. The quantitative estimate of drug-likeness (QED) is 0.280. The van der Waals surface area contributed by atoms with E-state index in [1.165, 1.54) is 0 Å². The second-order valence-electron chi connectivity index (χ2n) is 7.93. The van der Waals surface area contributed by atoms with Gasteiger partial charge in [-0.1, -0.05) is 24.3 Å². The number of nitrogens with zero attached hydrogens (tertiary/aromatic N) is 1. The van der Waals surface area contributed by atoms with Crippen LogP contribution in [0.1, 0.15) is 42.5 Å². The predicted octanol–water partition coefficient (Wildman–Crippen LogP) is 1.19. The Balaban J connectivity index is 1.63. The number of likely N-dealkylation sites (tertiary alicyclic amines) is 1. The molecule has 9 heteroatoms. The van der Waals surface area contributed by atoms with E-state index in [0.29, 0.717) is 56.1 Å². The molecule has 9 nitrogen and oxygen atoms in total. The van der Waals surface area contributed by atoms with Gasteiger partial charge in [-0.15, -0.1) is 0 Å². The number of hydrogen-bond acceptors (Lipinski definition) is 4. The van der Waals surface area contributed by atoms with E-state index in [-0.39, 0.29) is 17.8 Å². The first-order valence-electron chi connectivity index (χ1n) is 10.7. The monoisotopic (exact) mass is 426 g/mol. The number of para-hydroxylation sites is 1. The molecule has 3 rings (SSSR count). The van der Waals surface area contributed by atoms with Gasteiger partial charge in [0, 0.05) is 26.1 Å². The van der Waals surface area contributed by atoms with Gasteiger partial charge in [0.25, 0.3) is 5.91 Å². The molecule has 0 radical (unpaired) electrons. The van der Waals surface area contributed by atoms with E-state index in [9.17, 15) is 14.4 Å². The smallest absolute Gasteiger partial charge is 0.254 e. The highest BCUT2D eigenvalue weighted by Gasteiger charge is 2.25. The summed E-state index contributed by atoms with van der Waals surface area (Å²) >= 11 is 0. The number of carbonyl (C=O) groups is 3. The van der Waals surface area contributed by atoms with E-state index in [1.807, 2.05) is 17.1 Å². The number of anilines is 1. The number of nitrogens with two attached hydrogens (primary N) is 1. The van der Waals surface area contributed by atoms with E-state index >= 15 is 0 Å². The summed E-state index contributed by atoms with van der Waals surface area (Å²) in [5.74, 6) is -0.393. The molecule has 6 N–H and O–H groups in total. The molecule has 1 aromatic rings. The molecule has 31 heavy (non-hydrogen) atoms. The van der Waals surface area contributed by atoms with Crippen LogP contribution in [0.2, 0.25) is 0 Å². The van der Waals surface area contributed by atoms with Gasteiger partial charge in [-0.05, 0) is 43.7 Å². The Morgan fingerprint density at radius 2 is 1.94 bits per heavy atom. The Morgan fingerprint density at radius 1 is 1.19 bits per heavy atom. The fourth-order valence-corrected chi connectivity index (χ4v) is 3.78. The lowest BCUT2D eigenvalue weighted by Crippen LogP contribution is -2.49. The molecule has 1 fully saturated rings. The highest BCUT2D eigenvalue weighted by atomic mass is 16.2. The van der Waals surface area contributed by atoms with Crippen molar-refractivity contribution < 1.29 is 14.4 Å². The van der Waals surface area contributed by atoms with Gasteiger partial charge in [0.2, 0.25) is 11.8 Å². The fourth-order valence-electron chi connectivity index (χ4n) is 3.78. The second-order valence-corrected chi connectivity index (χ2v) is 7.93. The summed E-state index contributed by atoms with van der Waals surface area (Å²) in [6, 6.07) is 6.07. The highest BCUT2D eigenvalue weighted by molar-refractivity contribution is 6.05. The maximum absolute atomic E-state index is 12.8. The molecule has 1 saturated heterocycles. The van der Waals surface area contributed by atoms with Crippen molar-refractivity contribution in [3.8, 4) is 0 Å². The number of guanidine groups is 1. The second kappa shape index (κ2) is 10.6. The van der Waals surface area contributed by atoms with Crippen LogP contribution < -0.4 is 21.7 Å². The maximum atomic E-state index is 12.8. The lowest BCUT2D eigenvalue weighted by Gasteiger charge is -2.32. The van der Waals surface area contributed by atoms with Crippen molar-refractivity contribution in [2.45, 2.75) is 38.1 Å². The van der Waals surface area contributed by atoms with E-state index in [0.717, 1.165) is 12.8 Å². The average molecular weight is 427 g/mol. The Hall–Kier alpha value is -3.36. The summed E-state index contributed by atoms with van der Waals surface area (Å²) in [6.45, 7) is 1.94. The number of nitrogens with one attached hydrogen (secondary N) is 4. The Labute approximate surface area is 181 Å². The van der Waals surface area contributed by atoms with Crippen LogP contribution >= 0.6 is 0 Å². The lowest BCUT2D eigenvalue weighted by molar-refractivity contribution is -0.123. The normalized spacial score (nSPS) is 21.5. The zero-order valence-corrected chi connectivity index (χ0v) is 17.5. The van der Waals surface area contributed by atoms with E-state index in [1.54, 1.807) is 24.3 Å². The summed E-state index contributed by atoms with van der Waals surface area (Å²) < 4.78 is 0. The van der Waals surface area contributed by atoms with E-state index in [4.69, 9.17) is 11.1 Å². The number of benzene rings is 1. The molecule has 0 bridgehead atoms. The Morgan fingerprint density at radius 3 is 2.68 bits per heavy atom. The van der Waals surface area contributed by atoms with Crippen molar-refractivity contribution in [2.75, 3.05) is 25.0 Å². The summed E-state index contributed by atoms with van der Waals surface area (Å²) in [7, 11) is 0. The van der Waals surface area contributed by atoms with Gasteiger partial charge < -0.3 is 26.6 Å². The summed E-state index contributed by atoms with van der Waals surface area (Å²) in [5, 5.41) is 16.1.